The quantitative estimate of drug-likeness (QED) is 0.179. The van der Waals surface area contributed by atoms with E-state index in [1.54, 1.807) is 45.0 Å². The van der Waals surface area contributed by atoms with Crippen LogP contribution in [0, 0.1) is 55.7 Å². The third-order valence-corrected chi connectivity index (χ3v) is 7.33. The van der Waals surface area contributed by atoms with Gasteiger partial charge in [-0.05, 0) is 31.9 Å². The topological polar surface area (TPSA) is 51.6 Å². The third kappa shape index (κ3) is 6.48. The van der Waals surface area contributed by atoms with Crippen molar-refractivity contribution in [3.63, 3.8) is 0 Å². The first-order valence-electron chi connectivity index (χ1n) is 13.7. The maximum Gasteiger partial charge on any atom is 0.160 e. The summed E-state index contributed by atoms with van der Waals surface area (Å²) in [6.45, 7) is 5.00. The van der Waals surface area contributed by atoms with Crippen LogP contribution in [0.1, 0.15) is 17.1 Å². The van der Waals surface area contributed by atoms with E-state index in [1.807, 2.05) is 36.4 Å². The fourth-order valence-corrected chi connectivity index (χ4v) is 5.35. The Morgan fingerprint density at radius 1 is 0.413 bits per heavy atom. The van der Waals surface area contributed by atoms with Crippen molar-refractivity contribution >= 4 is 11.6 Å². The van der Waals surface area contributed by atoms with Crippen LogP contribution in [0.15, 0.2) is 84.9 Å². The molecule has 0 unspecified atom stereocenters. The molecule has 6 rings (SSSR count). The monoisotopic (exact) mass is 648 g/mol. The molecule has 0 amide bonds. The molecule has 0 saturated heterocycles. The van der Waals surface area contributed by atoms with Crippen molar-refractivity contribution in [2.45, 2.75) is 20.8 Å². The zero-order chi connectivity index (χ0) is 33.1. The second-order valence-corrected chi connectivity index (χ2v) is 10.5. The minimum atomic E-state index is -1.05. The molecule has 0 N–H and O–H groups in total. The zero-order valence-electron chi connectivity index (χ0n) is 24.5. The van der Waals surface area contributed by atoms with Crippen LogP contribution in [0.5, 0.6) is 0 Å². The SMILES string of the molecule is Cc1nnc(C)c(-c2c(F)cc(F)cc2F)c1-c1ccccc1.Cc1nnc(Cl)c(-c2c(F)cc(F)cc2F)c1-c1ccccc1. The molecule has 0 saturated carbocycles. The summed E-state index contributed by atoms with van der Waals surface area (Å²) in [6, 6.07) is 20.6. The Hall–Kier alpha value is -5.09. The lowest BCUT2D eigenvalue weighted by Gasteiger charge is -2.15. The van der Waals surface area contributed by atoms with Gasteiger partial charge in [-0.25, -0.2) is 26.3 Å². The highest BCUT2D eigenvalue weighted by Gasteiger charge is 2.24. The standard InChI is InChI=1S/C18H13F3N2.C17H10ClF3N2/c1-10-16(12-6-4-3-5-7-12)17(11(2)23-22-10)18-14(20)8-13(19)9-15(18)21;1-9-14(10-5-3-2-4-6-10)16(17(18)23-22-9)15-12(20)7-11(19)8-13(15)21/h3-9H,1-2H3;2-8H,1H3. The molecule has 0 spiro atoms. The molecule has 2 heterocycles. The molecule has 0 aliphatic carbocycles. The maximum atomic E-state index is 14.3. The van der Waals surface area contributed by atoms with Crippen molar-refractivity contribution in [1.29, 1.82) is 0 Å². The molecular formula is C35H23ClF6N4. The average Bonchev–Trinajstić information content (AvgIpc) is 3.01. The fourth-order valence-electron chi connectivity index (χ4n) is 5.13. The molecule has 0 fully saturated rings. The lowest BCUT2D eigenvalue weighted by molar-refractivity contribution is 0.546. The van der Waals surface area contributed by atoms with E-state index in [-0.39, 0.29) is 16.3 Å². The van der Waals surface area contributed by atoms with Crippen LogP contribution in [0.3, 0.4) is 0 Å². The molecule has 0 atom stereocenters. The smallest absolute Gasteiger partial charge is 0.160 e. The predicted octanol–water partition coefficient (Wildman–Crippen LogP) is 10.0. The first-order chi connectivity index (χ1) is 22.0. The van der Waals surface area contributed by atoms with Gasteiger partial charge in [0.2, 0.25) is 0 Å². The minimum Gasteiger partial charge on any atom is -0.207 e. The van der Waals surface area contributed by atoms with Crippen LogP contribution in [-0.2, 0) is 0 Å². The Kier molecular flexibility index (Phi) is 9.48. The van der Waals surface area contributed by atoms with Crippen LogP contribution in [0.4, 0.5) is 26.3 Å². The normalized spacial score (nSPS) is 10.8. The van der Waals surface area contributed by atoms with E-state index in [9.17, 15) is 26.3 Å². The average molecular weight is 649 g/mol. The molecule has 232 valence electrons. The number of rotatable bonds is 4. The van der Waals surface area contributed by atoms with Crippen molar-refractivity contribution in [1.82, 2.24) is 20.4 Å². The number of hydrogen-bond acceptors (Lipinski definition) is 4. The van der Waals surface area contributed by atoms with Gasteiger partial charge in [-0.2, -0.15) is 15.3 Å². The second kappa shape index (κ2) is 13.5. The highest BCUT2D eigenvalue weighted by molar-refractivity contribution is 6.32. The lowest BCUT2D eigenvalue weighted by Crippen LogP contribution is -2.03. The fraction of sp³-hybridized carbons (Fsp3) is 0.0857. The maximum absolute atomic E-state index is 14.3. The van der Waals surface area contributed by atoms with Gasteiger partial charge >= 0.3 is 0 Å². The van der Waals surface area contributed by atoms with Gasteiger partial charge in [0, 0.05) is 46.5 Å². The number of halogens is 7. The summed E-state index contributed by atoms with van der Waals surface area (Å²) in [4.78, 5) is 0. The van der Waals surface area contributed by atoms with Crippen molar-refractivity contribution in [2.24, 2.45) is 0 Å². The Morgan fingerprint density at radius 2 is 0.739 bits per heavy atom. The summed E-state index contributed by atoms with van der Waals surface area (Å²) < 4.78 is 83.4. The molecule has 0 bridgehead atoms. The predicted molar refractivity (Wildman–Crippen MR) is 165 cm³/mol. The van der Waals surface area contributed by atoms with E-state index in [4.69, 9.17) is 11.6 Å². The van der Waals surface area contributed by atoms with Crippen LogP contribution in [0.25, 0.3) is 44.5 Å². The van der Waals surface area contributed by atoms with Gasteiger partial charge in [-0.3, -0.25) is 0 Å². The first kappa shape index (κ1) is 32.3. The van der Waals surface area contributed by atoms with E-state index in [0.717, 1.165) is 5.56 Å². The largest absolute Gasteiger partial charge is 0.207 e. The van der Waals surface area contributed by atoms with Crippen molar-refractivity contribution in [3.8, 4) is 44.5 Å². The van der Waals surface area contributed by atoms with E-state index >= 15 is 0 Å². The molecule has 0 aliphatic heterocycles. The summed E-state index contributed by atoms with van der Waals surface area (Å²) >= 11 is 6.07. The van der Waals surface area contributed by atoms with Crippen molar-refractivity contribution in [2.75, 3.05) is 0 Å². The number of aromatic nitrogens is 4. The van der Waals surface area contributed by atoms with E-state index in [1.165, 1.54) is 0 Å². The van der Waals surface area contributed by atoms with Gasteiger partial charge in [-0.15, -0.1) is 5.10 Å². The van der Waals surface area contributed by atoms with Crippen molar-refractivity contribution < 1.29 is 26.3 Å². The highest BCUT2D eigenvalue weighted by atomic mass is 35.5. The van der Waals surface area contributed by atoms with Gasteiger partial charge in [0.15, 0.2) is 5.15 Å². The lowest BCUT2D eigenvalue weighted by atomic mass is 9.92. The van der Waals surface area contributed by atoms with Crippen LogP contribution in [-0.4, -0.2) is 20.4 Å². The van der Waals surface area contributed by atoms with Gasteiger partial charge < -0.3 is 0 Å². The van der Waals surface area contributed by atoms with E-state index in [0.29, 0.717) is 63.6 Å². The summed E-state index contributed by atoms with van der Waals surface area (Å²) in [5.74, 6) is -5.98. The molecule has 2 aromatic heterocycles. The van der Waals surface area contributed by atoms with Crippen LogP contribution in [0.2, 0.25) is 5.15 Å². The van der Waals surface area contributed by atoms with Gasteiger partial charge in [-0.1, -0.05) is 72.3 Å². The zero-order valence-corrected chi connectivity index (χ0v) is 25.3. The molecular weight excluding hydrogens is 626 g/mol. The molecule has 6 aromatic rings. The molecule has 46 heavy (non-hydrogen) atoms. The summed E-state index contributed by atoms with van der Waals surface area (Å²) in [5, 5.41) is 15.5. The molecule has 0 radical (unpaired) electrons. The van der Waals surface area contributed by atoms with Crippen molar-refractivity contribution in [3.05, 3.63) is 142 Å². The summed E-state index contributed by atoms with van der Waals surface area (Å²) in [5.41, 5.74) is 3.49. The minimum absolute atomic E-state index is 0.0559. The number of aryl methyl sites for hydroxylation is 3. The molecule has 11 heteroatoms. The third-order valence-electron chi connectivity index (χ3n) is 7.07. The van der Waals surface area contributed by atoms with E-state index < -0.39 is 40.5 Å². The first-order valence-corrected chi connectivity index (χ1v) is 14.1. The Balaban J connectivity index is 0.000000181. The Morgan fingerprint density at radius 3 is 1.15 bits per heavy atom. The second-order valence-electron chi connectivity index (χ2n) is 10.2. The Labute approximate surface area is 265 Å². The molecule has 0 aliphatic rings. The van der Waals surface area contributed by atoms with Gasteiger partial charge in [0.25, 0.3) is 0 Å². The number of benzene rings is 4. The highest BCUT2D eigenvalue weighted by Crippen LogP contribution is 2.41. The Bertz CT molecular complexity index is 1860. The summed E-state index contributed by atoms with van der Waals surface area (Å²) in [7, 11) is 0. The van der Waals surface area contributed by atoms with Crippen LogP contribution >= 0.6 is 11.6 Å². The number of nitrogens with zero attached hydrogens (tertiary/aromatic N) is 4. The number of hydrogen-bond donors (Lipinski definition) is 0. The molecule has 4 aromatic carbocycles. The van der Waals surface area contributed by atoms with Crippen LogP contribution < -0.4 is 0 Å². The van der Waals surface area contributed by atoms with Gasteiger partial charge in [0.1, 0.15) is 34.9 Å². The van der Waals surface area contributed by atoms with Gasteiger partial charge in [0.05, 0.1) is 28.2 Å². The van der Waals surface area contributed by atoms with E-state index in [2.05, 4.69) is 20.4 Å². The summed E-state index contributed by atoms with van der Waals surface area (Å²) in [6.07, 6.45) is 0. The molecule has 4 nitrogen and oxygen atoms in total.